The van der Waals surface area contributed by atoms with E-state index >= 15 is 0 Å². The van der Waals surface area contributed by atoms with Gasteiger partial charge in [0.25, 0.3) is 0 Å². The molecule has 2 aliphatic rings. The van der Waals surface area contributed by atoms with Crippen molar-refractivity contribution < 1.29 is 4.74 Å². The Balaban J connectivity index is 1.19. The number of ether oxygens (including phenoxy) is 1. The molecule has 8 heteroatoms. The van der Waals surface area contributed by atoms with Gasteiger partial charge in [0.2, 0.25) is 0 Å². The highest BCUT2D eigenvalue weighted by Gasteiger charge is 2.29. The number of likely N-dealkylation sites (tertiary alicyclic amines) is 2. The number of nitrogens with zero attached hydrogens (tertiary/aromatic N) is 6. The van der Waals surface area contributed by atoms with Crippen molar-refractivity contribution in [3.8, 4) is 22.9 Å². The van der Waals surface area contributed by atoms with Crippen molar-refractivity contribution in [3.63, 3.8) is 0 Å². The van der Waals surface area contributed by atoms with Crippen LogP contribution in [0.25, 0.3) is 22.4 Å². The van der Waals surface area contributed by atoms with Crippen LogP contribution in [0.15, 0.2) is 60.8 Å². The molecule has 4 heterocycles. The number of aromatic nitrogens is 4. The zero-order valence-electron chi connectivity index (χ0n) is 20.8. The molecule has 0 saturated carbocycles. The number of anilines is 1. The SMILES string of the molecule is CN1CCC(N2CCC(n3ncc4c(N)nc(-c5ccc(Oc6ccccc6)cc5)nc43)CC2)CC1. The van der Waals surface area contributed by atoms with Gasteiger partial charge in [-0.25, -0.2) is 14.6 Å². The first-order valence-electron chi connectivity index (χ1n) is 12.9. The van der Waals surface area contributed by atoms with Crippen LogP contribution in [0.2, 0.25) is 0 Å². The molecule has 2 aliphatic heterocycles. The van der Waals surface area contributed by atoms with Crippen molar-refractivity contribution in [2.24, 2.45) is 0 Å². The van der Waals surface area contributed by atoms with Gasteiger partial charge < -0.3 is 20.3 Å². The molecule has 2 N–H and O–H groups in total. The molecule has 0 bridgehead atoms. The molecule has 2 fully saturated rings. The van der Waals surface area contributed by atoms with Crippen molar-refractivity contribution in [2.75, 3.05) is 39.0 Å². The number of hydrogen-bond donors (Lipinski definition) is 1. The second kappa shape index (κ2) is 9.87. The summed E-state index contributed by atoms with van der Waals surface area (Å²) in [7, 11) is 2.22. The van der Waals surface area contributed by atoms with Crippen molar-refractivity contribution in [1.29, 1.82) is 0 Å². The minimum atomic E-state index is 0.328. The van der Waals surface area contributed by atoms with Crippen molar-refractivity contribution in [1.82, 2.24) is 29.5 Å². The van der Waals surface area contributed by atoms with Crippen LogP contribution in [0.4, 0.5) is 5.82 Å². The summed E-state index contributed by atoms with van der Waals surface area (Å²) in [6, 6.07) is 18.6. The summed E-state index contributed by atoms with van der Waals surface area (Å²) in [6.07, 6.45) is 6.51. The van der Waals surface area contributed by atoms with Gasteiger partial charge in [-0.1, -0.05) is 18.2 Å². The fourth-order valence-corrected chi connectivity index (χ4v) is 5.50. The summed E-state index contributed by atoms with van der Waals surface area (Å²) in [4.78, 5) is 14.6. The van der Waals surface area contributed by atoms with E-state index in [1.807, 2.05) is 60.8 Å². The monoisotopic (exact) mass is 483 g/mol. The Morgan fingerprint density at radius 2 is 1.47 bits per heavy atom. The van der Waals surface area contributed by atoms with Crippen molar-refractivity contribution in [3.05, 3.63) is 60.8 Å². The summed E-state index contributed by atoms with van der Waals surface area (Å²) in [5.74, 6) is 2.64. The zero-order chi connectivity index (χ0) is 24.5. The van der Waals surface area contributed by atoms with Gasteiger partial charge in [-0.15, -0.1) is 0 Å². The third-order valence-corrected chi connectivity index (χ3v) is 7.62. The van der Waals surface area contributed by atoms with Crippen LogP contribution in [-0.2, 0) is 0 Å². The van der Waals surface area contributed by atoms with Gasteiger partial charge in [0, 0.05) is 24.7 Å². The number of rotatable bonds is 5. The average molecular weight is 484 g/mol. The van der Waals surface area contributed by atoms with E-state index in [0.717, 1.165) is 60.1 Å². The molecule has 8 nitrogen and oxygen atoms in total. The molecular formula is C28H33N7O. The van der Waals surface area contributed by atoms with Crippen LogP contribution in [0.1, 0.15) is 31.7 Å². The Bertz CT molecular complexity index is 1310. The van der Waals surface area contributed by atoms with Gasteiger partial charge in [0.1, 0.15) is 17.3 Å². The van der Waals surface area contributed by atoms with E-state index in [1.165, 1.54) is 25.9 Å². The molecule has 186 valence electrons. The number of nitrogens with two attached hydrogens (primary N) is 1. The molecule has 0 amide bonds. The molecular weight excluding hydrogens is 450 g/mol. The lowest BCUT2D eigenvalue weighted by Gasteiger charge is -2.41. The van der Waals surface area contributed by atoms with Crippen LogP contribution in [0, 0.1) is 0 Å². The van der Waals surface area contributed by atoms with E-state index in [1.54, 1.807) is 0 Å². The maximum Gasteiger partial charge on any atom is 0.164 e. The third-order valence-electron chi connectivity index (χ3n) is 7.62. The van der Waals surface area contributed by atoms with Gasteiger partial charge in [-0.2, -0.15) is 5.10 Å². The maximum atomic E-state index is 6.36. The first-order chi connectivity index (χ1) is 17.6. The number of fused-ring (bicyclic) bond motifs is 1. The zero-order valence-corrected chi connectivity index (χ0v) is 20.8. The molecule has 36 heavy (non-hydrogen) atoms. The minimum absolute atomic E-state index is 0.328. The third kappa shape index (κ3) is 4.66. The fraction of sp³-hybridized carbons (Fsp3) is 0.393. The highest BCUT2D eigenvalue weighted by Crippen LogP contribution is 2.31. The predicted molar refractivity (Wildman–Crippen MR) is 142 cm³/mol. The number of hydrogen-bond acceptors (Lipinski definition) is 7. The van der Waals surface area contributed by atoms with Crippen LogP contribution in [0.3, 0.4) is 0 Å². The number of piperidine rings is 2. The quantitative estimate of drug-likeness (QED) is 0.444. The maximum absolute atomic E-state index is 6.36. The summed E-state index contributed by atoms with van der Waals surface area (Å²) < 4.78 is 8.00. The van der Waals surface area contributed by atoms with E-state index in [-0.39, 0.29) is 0 Å². The van der Waals surface area contributed by atoms with Crippen LogP contribution >= 0.6 is 0 Å². The number of benzene rings is 2. The second-order valence-electron chi connectivity index (χ2n) is 10.00. The van der Waals surface area contributed by atoms with Gasteiger partial charge >= 0.3 is 0 Å². The van der Waals surface area contributed by atoms with Crippen LogP contribution < -0.4 is 10.5 Å². The predicted octanol–water partition coefficient (Wildman–Crippen LogP) is 4.60. The van der Waals surface area contributed by atoms with Gasteiger partial charge in [0.05, 0.1) is 17.6 Å². The van der Waals surface area contributed by atoms with Gasteiger partial charge in [0.15, 0.2) is 11.5 Å². The molecule has 0 aliphatic carbocycles. The van der Waals surface area contributed by atoms with Gasteiger partial charge in [-0.3, -0.25) is 0 Å². The molecule has 0 radical (unpaired) electrons. The fourth-order valence-electron chi connectivity index (χ4n) is 5.50. The Labute approximate surface area is 211 Å². The van der Waals surface area contributed by atoms with Crippen LogP contribution in [-0.4, -0.2) is 68.8 Å². The number of nitrogen functional groups attached to an aromatic ring is 1. The minimum Gasteiger partial charge on any atom is -0.457 e. The Kier molecular flexibility index (Phi) is 6.29. The average Bonchev–Trinajstić information content (AvgIpc) is 3.35. The van der Waals surface area contributed by atoms with E-state index in [0.29, 0.717) is 17.7 Å². The van der Waals surface area contributed by atoms with Crippen molar-refractivity contribution >= 4 is 16.9 Å². The molecule has 0 atom stereocenters. The molecule has 0 spiro atoms. The summed E-state index contributed by atoms with van der Waals surface area (Å²) in [5.41, 5.74) is 8.08. The lowest BCUT2D eigenvalue weighted by molar-refractivity contribution is 0.0858. The highest BCUT2D eigenvalue weighted by atomic mass is 16.5. The van der Waals surface area contributed by atoms with Crippen LogP contribution in [0.5, 0.6) is 11.5 Å². The smallest absolute Gasteiger partial charge is 0.164 e. The first kappa shape index (κ1) is 22.9. The van der Waals surface area contributed by atoms with E-state index < -0.39 is 0 Å². The Morgan fingerprint density at radius 3 is 2.19 bits per heavy atom. The Morgan fingerprint density at radius 1 is 0.806 bits per heavy atom. The molecule has 2 aromatic carbocycles. The first-order valence-corrected chi connectivity index (χ1v) is 12.9. The van der Waals surface area contributed by atoms with Crippen molar-refractivity contribution in [2.45, 2.75) is 37.8 Å². The lowest BCUT2D eigenvalue weighted by atomic mass is 9.98. The van der Waals surface area contributed by atoms with E-state index in [4.69, 9.17) is 20.6 Å². The van der Waals surface area contributed by atoms with E-state index in [2.05, 4.69) is 26.5 Å². The molecule has 4 aromatic rings. The summed E-state index contributed by atoms with van der Waals surface area (Å²) in [6.45, 7) is 4.62. The lowest BCUT2D eigenvalue weighted by Crippen LogP contribution is -2.47. The Hall–Kier alpha value is -3.49. The van der Waals surface area contributed by atoms with E-state index in [9.17, 15) is 0 Å². The normalized spacial score (nSPS) is 18.6. The highest BCUT2D eigenvalue weighted by molar-refractivity contribution is 5.87. The summed E-state index contributed by atoms with van der Waals surface area (Å²) in [5, 5.41) is 5.53. The standard InChI is InChI=1S/C28H33N7O/c1-33-15-11-21(12-16-33)34-17-13-22(14-18-34)35-28-25(19-30-35)26(29)31-27(32-28)20-7-9-24(10-8-20)36-23-5-3-2-4-6-23/h2-10,19,21-22H,11-18H2,1H3,(H2,29,31,32). The largest absolute Gasteiger partial charge is 0.457 e. The molecule has 2 aromatic heterocycles. The van der Waals surface area contributed by atoms with Gasteiger partial charge in [-0.05, 0) is 82.2 Å². The topological polar surface area (TPSA) is 85.3 Å². The molecule has 6 rings (SSSR count). The second-order valence-corrected chi connectivity index (χ2v) is 10.00. The number of para-hydroxylation sites is 1. The molecule has 0 unspecified atom stereocenters. The molecule has 2 saturated heterocycles. The summed E-state index contributed by atoms with van der Waals surface area (Å²) >= 11 is 0.